The summed E-state index contributed by atoms with van der Waals surface area (Å²) >= 11 is 0. The maximum Gasteiger partial charge on any atom is 0.0726 e. The van der Waals surface area contributed by atoms with E-state index in [1.165, 1.54) is 90.9 Å². The molecule has 0 bridgehead atoms. The third-order valence-electron chi connectivity index (χ3n) is 15.8. The zero-order chi connectivity index (χ0) is 44.1. The third-order valence-corrected chi connectivity index (χ3v) is 15.8. The summed E-state index contributed by atoms with van der Waals surface area (Å²) in [4.78, 5) is 2.57. The summed E-state index contributed by atoms with van der Waals surface area (Å²) in [5.74, 6) is 0.464. The van der Waals surface area contributed by atoms with Crippen LogP contribution in [0.1, 0.15) is 81.2 Å². The molecule has 0 aliphatic heterocycles. The number of hydrogen-bond donors (Lipinski definition) is 0. The van der Waals surface area contributed by atoms with E-state index in [4.69, 9.17) is 0 Å². The molecule has 1 nitrogen and oxygen atoms in total. The first-order chi connectivity index (χ1) is 31.6. The third kappa shape index (κ3) is 5.98. The van der Waals surface area contributed by atoms with Gasteiger partial charge >= 0.3 is 0 Å². The van der Waals surface area contributed by atoms with E-state index in [-0.39, 0.29) is 16.7 Å². The smallest absolute Gasteiger partial charge is 0.0726 e. The number of benzene rings is 8. The quantitative estimate of drug-likeness (QED) is 0.161. The minimum absolute atomic E-state index is 0.109. The van der Waals surface area contributed by atoms with Gasteiger partial charge in [-0.05, 0) is 144 Å². The minimum atomic E-state index is -0.467. The molecule has 0 heterocycles. The predicted octanol–water partition coefficient (Wildman–Crippen LogP) is 17.3. The molecule has 4 aliphatic rings. The van der Waals surface area contributed by atoms with E-state index >= 15 is 0 Å². The van der Waals surface area contributed by atoms with E-state index in [0.29, 0.717) is 5.92 Å². The lowest BCUT2D eigenvalue weighted by molar-refractivity contribution is 0.238. The largest absolute Gasteiger partial charge is 0.310 e. The molecule has 0 saturated carbocycles. The average molecular weight is 838 g/mol. The van der Waals surface area contributed by atoms with E-state index in [9.17, 15) is 0 Å². The maximum atomic E-state index is 2.63. The maximum absolute atomic E-state index is 2.63. The van der Waals surface area contributed by atoms with Gasteiger partial charge in [0.1, 0.15) is 0 Å². The van der Waals surface area contributed by atoms with Gasteiger partial charge in [0.15, 0.2) is 0 Å². The fourth-order valence-electron chi connectivity index (χ4n) is 12.6. The number of anilines is 3. The average Bonchev–Trinajstić information content (AvgIpc) is 3.81. The van der Waals surface area contributed by atoms with Crippen molar-refractivity contribution in [3.8, 4) is 44.5 Å². The first-order valence-electron chi connectivity index (χ1n) is 23.7. The molecular weight excluding hydrogens is 783 g/mol. The summed E-state index contributed by atoms with van der Waals surface area (Å²) in [6.45, 7) is 12.4. The molecule has 12 rings (SSSR count). The molecule has 65 heavy (non-hydrogen) atoms. The van der Waals surface area contributed by atoms with Crippen molar-refractivity contribution in [2.75, 3.05) is 4.90 Å². The molecule has 1 spiro atoms. The minimum Gasteiger partial charge on any atom is -0.310 e. The first kappa shape index (κ1) is 39.6. The van der Waals surface area contributed by atoms with Crippen molar-refractivity contribution in [1.29, 1.82) is 0 Å². The second kappa shape index (κ2) is 14.8. The Morgan fingerprint density at radius 3 is 1.37 bits per heavy atom. The van der Waals surface area contributed by atoms with Crippen molar-refractivity contribution in [2.24, 2.45) is 16.7 Å². The molecule has 8 aromatic rings. The molecule has 2 atom stereocenters. The highest BCUT2D eigenvalue weighted by Crippen LogP contribution is 2.65. The number of nitrogens with zero attached hydrogens (tertiary/aromatic N) is 1. The van der Waals surface area contributed by atoms with Crippen LogP contribution in [0.25, 0.3) is 44.5 Å². The molecule has 316 valence electrons. The normalized spacial score (nSPS) is 19.0. The lowest BCUT2D eigenvalue weighted by Crippen LogP contribution is -2.36. The lowest BCUT2D eigenvalue weighted by Gasteiger charge is -2.48. The van der Waals surface area contributed by atoms with Crippen molar-refractivity contribution < 1.29 is 0 Å². The van der Waals surface area contributed by atoms with Gasteiger partial charge in [0.05, 0.1) is 11.1 Å². The first-order valence-corrected chi connectivity index (χ1v) is 23.7. The molecule has 1 heteroatoms. The molecule has 0 aromatic heterocycles. The highest BCUT2D eigenvalue weighted by Gasteiger charge is 2.52. The van der Waals surface area contributed by atoms with E-state index in [0.717, 1.165) is 11.4 Å². The number of hydrogen-bond acceptors (Lipinski definition) is 1. The standard InChI is InChI=1S/C64H55N/c1-42-49(36-37-58-61(42)63(4,5)39-38-62(58,2)3)54-40-53-52-24-14-17-27-57(52)64(55-25-15-12-22-50(55)51-23-13-16-26-56(51)64)59(53)41-60(54)65(47-32-28-45(29-33-47)43-18-8-6-9-19-43)48-34-30-46(31-35-48)44-20-10-7-11-21-44/h6-37,40-42,49H,38-39H2,1-5H3. The van der Waals surface area contributed by atoms with Crippen molar-refractivity contribution >= 4 is 17.1 Å². The van der Waals surface area contributed by atoms with Crippen molar-refractivity contribution in [3.05, 3.63) is 245 Å². The van der Waals surface area contributed by atoms with Crippen LogP contribution in [-0.4, -0.2) is 0 Å². The van der Waals surface area contributed by atoms with E-state index in [1.54, 1.807) is 11.1 Å². The van der Waals surface area contributed by atoms with Crippen LogP contribution in [0.5, 0.6) is 0 Å². The zero-order valence-corrected chi connectivity index (χ0v) is 38.1. The summed E-state index contributed by atoms with van der Waals surface area (Å²) in [6.07, 6.45) is 7.51. The summed E-state index contributed by atoms with van der Waals surface area (Å²) in [5, 5.41) is 0. The van der Waals surface area contributed by atoms with E-state index in [1.807, 2.05) is 0 Å². The van der Waals surface area contributed by atoms with E-state index < -0.39 is 5.41 Å². The summed E-state index contributed by atoms with van der Waals surface area (Å²) < 4.78 is 0. The molecule has 0 fully saturated rings. The van der Waals surface area contributed by atoms with Gasteiger partial charge in [0.25, 0.3) is 0 Å². The van der Waals surface area contributed by atoms with Gasteiger partial charge < -0.3 is 4.90 Å². The van der Waals surface area contributed by atoms with Crippen molar-refractivity contribution in [2.45, 2.75) is 58.8 Å². The zero-order valence-electron chi connectivity index (χ0n) is 38.1. The van der Waals surface area contributed by atoms with Crippen LogP contribution >= 0.6 is 0 Å². The molecular formula is C64H55N. The van der Waals surface area contributed by atoms with Gasteiger partial charge in [0, 0.05) is 17.3 Å². The van der Waals surface area contributed by atoms with Gasteiger partial charge in [-0.15, -0.1) is 0 Å². The topological polar surface area (TPSA) is 3.24 Å². The fourth-order valence-corrected chi connectivity index (χ4v) is 12.6. The van der Waals surface area contributed by atoms with Crippen LogP contribution in [0.3, 0.4) is 0 Å². The fraction of sp³-hybridized carbons (Fsp3) is 0.188. The molecule has 0 N–H and O–H groups in total. The highest BCUT2D eigenvalue weighted by molar-refractivity contribution is 5.97. The van der Waals surface area contributed by atoms with Gasteiger partial charge in [-0.25, -0.2) is 0 Å². The Morgan fingerprint density at radius 2 is 0.862 bits per heavy atom. The molecule has 0 saturated heterocycles. The Labute approximate surface area is 385 Å². The van der Waals surface area contributed by atoms with Crippen molar-refractivity contribution in [1.82, 2.24) is 0 Å². The summed E-state index contributed by atoms with van der Waals surface area (Å²) in [7, 11) is 0. The Morgan fingerprint density at radius 1 is 0.431 bits per heavy atom. The number of fused-ring (bicyclic) bond motifs is 10. The summed E-state index contributed by atoms with van der Waals surface area (Å²) in [5.41, 5.74) is 23.5. The van der Waals surface area contributed by atoms with Crippen molar-refractivity contribution in [3.63, 3.8) is 0 Å². The van der Waals surface area contributed by atoms with Crippen LogP contribution in [-0.2, 0) is 5.41 Å². The number of rotatable bonds is 6. The van der Waals surface area contributed by atoms with Gasteiger partial charge in [-0.3, -0.25) is 0 Å². The van der Waals surface area contributed by atoms with Gasteiger partial charge in [-0.2, -0.15) is 0 Å². The Hall–Kier alpha value is -6.96. The SMILES string of the molecule is CC1C2=C(C=CC1c1cc3c(cc1N(c1ccc(-c4ccccc4)cc1)c1ccc(-c4ccccc4)cc1)C1(c4ccccc4-c4ccccc41)c1ccccc1-3)C(C)(C)CCC2(C)C. The Kier molecular flexibility index (Phi) is 9.02. The molecule has 4 aliphatic carbocycles. The van der Waals surface area contributed by atoms with Gasteiger partial charge in [-0.1, -0.05) is 210 Å². The Bertz CT molecular complexity index is 3070. The van der Waals surface area contributed by atoms with Crippen LogP contribution in [0, 0.1) is 16.7 Å². The lowest BCUT2D eigenvalue weighted by atomic mass is 9.56. The molecule has 8 aromatic carbocycles. The van der Waals surface area contributed by atoms with E-state index in [2.05, 4.69) is 246 Å². The van der Waals surface area contributed by atoms with Crippen LogP contribution in [0.4, 0.5) is 17.1 Å². The summed E-state index contributed by atoms with van der Waals surface area (Å²) in [6, 6.07) is 72.9. The second-order valence-corrected chi connectivity index (χ2v) is 20.3. The highest BCUT2D eigenvalue weighted by atomic mass is 15.1. The molecule has 0 radical (unpaired) electrons. The number of allylic oxidation sites excluding steroid dienone is 4. The monoisotopic (exact) mass is 837 g/mol. The molecule has 0 amide bonds. The van der Waals surface area contributed by atoms with Crippen LogP contribution in [0.15, 0.2) is 217 Å². The van der Waals surface area contributed by atoms with Crippen LogP contribution < -0.4 is 4.90 Å². The van der Waals surface area contributed by atoms with Gasteiger partial charge in [0.2, 0.25) is 0 Å². The Balaban J connectivity index is 1.15. The second-order valence-electron chi connectivity index (χ2n) is 20.3. The predicted molar refractivity (Wildman–Crippen MR) is 273 cm³/mol. The van der Waals surface area contributed by atoms with Crippen LogP contribution in [0.2, 0.25) is 0 Å². The molecule has 2 unspecified atom stereocenters.